The molecular weight excluding hydrogens is 209 g/mol. The van der Waals surface area contributed by atoms with E-state index in [0.717, 1.165) is 5.56 Å². The van der Waals surface area contributed by atoms with Gasteiger partial charge in [0.15, 0.2) is 5.78 Å². The molecule has 1 aromatic carbocycles. The van der Waals surface area contributed by atoms with Crippen molar-refractivity contribution in [2.75, 3.05) is 6.54 Å². The number of rotatable bonds is 2. The van der Waals surface area contributed by atoms with Gasteiger partial charge in [-0.05, 0) is 24.6 Å². The third kappa shape index (κ3) is 1.96. The molecule has 1 unspecified atom stereocenters. The lowest BCUT2D eigenvalue weighted by molar-refractivity contribution is -0.129. The quantitative estimate of drug-likeness (QED) is 0.712. The van der Waals surface area contributed by atoms with Crippen LogP contribution in [0.15, 0.2) is 24.3 Å². The zero-order valence-corrected chi connectivity index (χ0v) is 8.94. The van der Waals surface area contributed by atoms with Gasteiger partial charge in [-0.25, -0.2) is 4.39 Å². The van der Waals surface area contributed by atoms with Crippen molar-refractivity contribution < 1.29 is 14.0 Å². The van der Waals surface area contributed by atoms with Gasteiger partial charge in [-0.2, -0.15) is 0 Å². The molecule has 0 spiro atoms. The van der Waals surface area contributed by atoms with E-state index in [1.807, 2.05) is 6.92 Å². The van der Waals surface area contributed by atoms with E-state index in [1.165, 1.54) is 17.0 Å². The van der Waals surface area contributed by atoms with Crippen LogP contribution >= 0.6 is 0 Å². The first kappa shape index (κ1) is 10.8. The highest BCUT2D eigenvalue weighted by Crippen LogP contribution is 2.24. The van der Waals surface area contributed by atoms with E-state index in [2.05, 4.69) is 0 Å². The summed E-state index contributed by atoms with van der Waals surface area (Å²) in [6.45, 7) is 2.00. The molecular formula is C12H12FNO2. The standard InChI is InChI=1S/C12H12FNO2/c1-8(9-2-4-10(13)5-3-9)14-7-11(15)6-12(14)16/h2-5,8H,6-7H2,1H3. The van der Waals surface area contributed by atoms with Gasteiger partial charge in [-0.15, -0.1) is 0 Å². The van der Waals surface area contributed by atoms with Crippen LogP contribution in [0.25, 0.3) is 0 Å². The fourth-order valence-corrected chi connectivity index (χ4v) is 1.88. The fourth-order valence-electron chi connectivity index (χ4n) is 1.88. The summed E-state index contributed by atoms with van der Waals surface area (Å²) >= 11 is 0. The number of halogens is 1. The Bertz CT molecular complexity index is 427. The number of nitrogens with zero attached hydrogens (tertiary/aromatic N) is 1. The second kappa shape index (κ2) is 4.04. The Morgan fingerprint density at radius 1 is 1.25 bits per heavy atom. The maximum atomic E-state index is 12.7. The number of hydrogen-bond acceptors (Lipinski definition) is 2. The van der Waals surface area contributed by atoms with Crippen LogP contribution in [0.2, 0.25) is 0 Å². The minimum Gasteiger partial charge on any atom is -0.328 e. The van der Waals surface area contributed by atoms with E-state index in [9.17, 15) is 14.0 Å². The highest BCUT2D eigenvalue weighted by Gasteiger charge is 2.31. The molecule has 0 bridgehead atoms. The Kier molecular flexibility index (Phi) is 2.73. The summed E-state index contributed by atoms with van der Waals surface area (Å²) < 4.78 is 12.7. The van der Waals surface area contributed by atoms with Gasteiger partial charge >= 0.3 is 0 Å². The topological polar surface area (TPSA) is 37.4 Å². The predicted octanol–water partition coefficient (Wildman–Crippen LogP) is 1.69. The number of hydrogen-bond donors (Lipinski definition) is 0. The van der Waals surface area contributed by atoms with Crippen molar-refractivity contribution in [3.63, 3.8) is 0 Å². The summed E-state index contributed by atoms with van der Waals surface area (Å²) in [5.41, 5.74) is 0.837. The third-order valence-electron chi connectivity index (χ3n) is 2.84. The molecule has 1 heterocycles. The summed E-state index contributed by atoms with van der Waals surface area (Å²) in [6, 6.07) is 5.80. The summed E-state index contributed by atoms with van der Waals surface area (Å²) in [4.78, 5) is 24.2. The van der Waals surface area contributed by atoms with Crippen LogP contribution in [-0.4, -0.2) is 23.1 Å². The van der Waals surface area contributed by atoms with E-state index in [1.54, 1.807) is 12.1 Å². The van der Waals surface area contributed by atoms with Gasteiger partial charge in [0.2, 0.25) is 5.91 Å². The van der Waals surface area contributed by atoms with Crippen molar-refractivity contribution in [1.82, 2.24) is 4.90 Å². The number of carbonyl (C=O) groups is 2. The van der Waals surface area contributed by atoms with Gasteiger partial charge in [0, 0.05) is 0 Å². The minimum atomic E-state index is -0.306. The number of benzene rings is 1. The molecule has 1 aromatic rings. The van der Waals surface area contributed by atoms with Crippen molar-refractivity contribution in [3.05, 3.63) is 35.6 Å². The van der Waals surface area contributed by atoms with E-state index in [0.29, 0.717) is 0 Å². The molecule has 1 saturated heterocycles. The molecule has 0 N–H and O–H groups in total. The fraction of sp³-hybridized carbons (Fsp3) is 0.333. The minimum absolute atomic E-state index is 0.00840. The molecule has 0 saturated carbocycles. The van der Waals surface area contributed by atoms with E-state index >= 15 is 0 Å². The second-order valence-corrected chi connectivity index (χ2v) is 3.96. The van der Waals surface area contributed by atoms with Gasteiger partial charge in [0.05, 0.1) is 19.0 Å². The van der Waals surface area contributed by atoms with Crippen molar-refractivity contribution in [1.29, 1.82) is 0 Å². The van der Waals surface area contributed by atoms with Crippen molar-refractivity contribution >= 4 is 11.7 Å². The molecule has 1 fully saturated rings. The Morgan fingerprint density at radius 3 is 2.38 bits per heavy atom. The molecule has 1 aliphatic heterocycles. The third-order valence-corrected chi connectivity index (χ3v) is 2.84. The Balaban J connectivity index is 2.19. The van der Waals surface area contributed by atoms with Crippen molar-refractivity contribution in [2.24, 2.45) is 0 Å². The van der Waals surface area contributed by atoms with Crippen LogP contribution in [0.4, 0.5) is 4.39 Å². The summed E-state index contributed by atoms with van der Waals surface area (Å²) in [6.07, 6.45) is -0.00840. The van der Waals surface area contributed by atoms with Gasteiger partial charge in [0.25, 0.3) is 0 Å². The molecule has 0 aromatic heterocycles. The van der Waals surface area contributed by atoms with E-state index in [4.69, 9.17) is 0 Å². The summed E-state index contributed by atoms with van der Waals surface area (Å²) in [7, 11) is 0. The molecule has 4 heteroatoms. The van der Waals surface area contributed by atoms with Crippen molar-refractivity contribution in [3.8, 4) is 0 Å². The predicted molar refractivity (Wildman–Crippen MR) is 56.2 cm³/mol. The monoisotopic (exact) mass is 221 g/mol. The summed E-state index contributed by atoms with van der Waals surface area (Å²) in [5.74, 6) is -0.513. The average Bonchev–Trinajstić information content (AvgIpc) is 2.58. The number of carbonyl (C=O) groups excluding carboxylic acids is 2. The van der Waals surface area contributed by atoms with Gasteiger partial charge in [-0.3, -0.25) is 9.59 Å². The van der Waals surface area contributed by atoms with Gasteiger partial charge in [0.1, 0.15) is 5.82 Å². The van der Waals surface area contributed by atoms with Crippen LogP contribution in [0.5, 0.6) is 0 Å². The molecule has 0 aliphatic carbocycles. The summed E-state index contributed by atoms with van der Waals surface area (Å²) in [5, 5.41) is 0. The maximum Gasteiger partial charge on any atom is 0.230 e. The van der Waals surface area contributed by atoms with Gasteiger partial charge in [-0.1, -0.05) is 12.1 Å². The smallest absolute Gasteiger partial charge is 0.230 e. The van der Waals surface area contributed by atoms with Crippen LogP contribution < -0.4 is 0 Å². The highest BCUT2D eigenvalue weighted by molar-refractivity contribution is 6.05. The largest absolute Gasteiger partial charge is 0.328 e. The lowest BCUT2D eigenvalue weighted by Gasteiger charge is -2.23. The zero-order valence-electron chi connectivity index (χ0n) is 8.94. The first-order chi connectivity index (χ1) is 7.58. The van der Waals surface area contributed by atoms with Crippen LogP contribution in [0.3, 0.4) is 0 Å². The molecule has 1 aliphatic rings. The Labute approximate surface area is 92.9 Å². The van der Waals surface area contributed by atoms with E-state index in [-0.39, 0.29) is 36.5 Å². The second-order valence-electron chi connectivity index (χ2n) is 3.96. The first-order valence-electron chi connectivity index (χ1n) is 5.14. The molecule has 1 atom stereocenters. The van der Waals surface area contributed by atoms with E-state index < -0.39 is 0 Å². The SMILES string of the molecule is CC(c1ccc(F)cc1)N1CC(=O)CC1=O. The zero-order chi connectivity index (χ0) is 11.7. The lowest BCUT2D eigenvalue weighted by Crippen LogP contribution is -2.28. The lowest BCUT2D eigenvalue weighted by atomic mass is 10.1. The van der Waals surface area contributed by atoms with Crippen LogP contribution in [-0.2, 0) is 9.59 Å². The molecule has 16 heavy (non-hydrogen) atoms. The molecule has 1 amide bonds. The highest BCUT2D eigenvalue weighted by atomic mass is 19.1. The number of ketones is 1. The normalized spacial score (nSPS) is 18.0. The van der Waals surface area contributed by atoms with Crippen LogP contribution in [0.1, 0.15) is 24.9 Å². The molecule has 84 valence electrons. The molecule has 3 nitrogen and oxygen atoms in total. The maximum absolute atomic E-state index is 12.7. The van der Waals surface area contributed by atoms with Gasteiger partial charge < -0.3 is 4.90 Å². The van der Waals surface area contributed by atoms with Crippen molar-refractivity contribution in [2.45, 2.75) is 19.4 Å². The Morgan fingerprint density at radius 2 is 1.88 bits per heavy atom. The van der Waals surface area contributed by atoms with Crippen LogP contribution in [0, 0.1) is 5.82 Å². The average molecular weight is 221 g/mol. The Hall–Kier alpha value is -1.71. The molecule has 2 rings (SSSR count). The number of likely N-dealkylation sites (tertiary alicyclic amines) is 1. The molecule has 0 radical (unpaired) electrons. The first-order valence-corrected chi connectivity index (χ1v) is 5.14. The number of amides is 1. The number of Topliss-reactive ketones (excluding diaryl/α,β-unsaturated/α-hetero) is 1.